The molecular formula is C22H29N3O4S. The van der Waals surface area contributed by atoms with Crippen molar-refractivity contribution in [1.82, 2.24) is 4.90 Å². The summed E-state index contributed by atoms with van der Waals surface area (Å²) in [7, 11) is -2.05. The van der Waals surface area contributed by atoms with Crippen molar-refractivity contribution in [3.05, 3.63) is 53.6 Å². The van der Waals surface area contributed by atoms with Crippen LogP contribution in [-0.2, 0) is 14.8 Å². The van der Waals surface area contributed by atoms with Crippen LogP contribution >= 0.6 is 0 Å². The molecular weight excluding hydrogens is 402 g/mol. The van der Waals surface area contributed by atoms with Gasteiger partial charge >= 0.3 is 0 Å². The molecule has 0 saturated carbocycles. The van der Waals surface area contributed by atoms with Crippen LogP contribution in [0.3, 0.4) is 0 Å². The average molecular weight is 432 g/mol. The lowest BCUT2D eigenvalue weighted by Gasteiger charge is -2.37. The first-order chi connectivity index (χ1) is 14.2. The van der Waals surface area contributed by atoms with E-state index in [1.165, 1.54) is 16.8 Å². The standard InChI is InChI=1S/C22H29N3O4S/c1-17-6-5-7-21(18(17)2)23-12-14-24(15-13-23)22(26)16-25(30(4,27)28)19-8-10-20(29-3)11-9-19/h5-11H,12-16H2,1-4H3. The number of hydrogen-bond donors (Lipinski definition) is 0. The molecule has 1 aliphatic rings. The van der Waals surface area contributed by atoms with E-state index in [1.54, 1.807) is 36.3 Å². The number of rotatable bonds is 6. The van der Waals surface area contributed by atoms with Crippen molar-refractivity contribution in [1.29, 1.82) is 0 Å². The normalized spacial score (nSPS) is 14.5. The topological polar surface area (TPSA) is 70.2 Å². The number of anilines is 2. The highest BCUT2D eigenvalue weighted by molar-refractivity contribution is 7.92. The molecule has 2 aromatic rings. The number of nitrogens with zero attached hydrogens (tertiary/aromatic N) is 3. The molecule has 7 nitrogen and oxygen atoms in total. The summed E-state index contributed by atoms with van der Waals surface area (Å²) in [5.74, 6) is 0.429. The number of hydrogen-bond acceptors (Lipinski definition) is 5. The Morgan fingerprint density at radius 3 is 2.23 bits per heavy atom. The van der Waals surface area contributed by atoms with E-state index in [0.717, 1.165) is 23.7 Å². The van der Waals surface area contributed by atoms with Gasteiger partial charge in [-0.05, 0) is 55.3 Å². The Labute approximate surface area is 178 Å². The van der Waals surface area contributed by atoms with Gasteiger partial charge in [0.25, 0.3) is 0 Å². The second-order valence-electron chi connectivity index (χ2n) is 7.55. The molecule has 1 heterocycles. The number of sulfonamides is 1. The fourth-order valence-electron chi connectivity index (χ4n) is 3.65. The number of piperazine rings is 1. The third-order valence-corrected chi connectivity index (χ3v) is 6.73. The molecule has 0 atom stereocenters. The monoisotopic (exact) mass is 431 g/mol. The van der Waals surface area contributed by atoms with Crippen LogP contribution < -0.4 is 13.9 Å². The molecule has 0 aliphatic carbocycles. The van der Waals surface area contributed by atoms with E-state index in [-0.39, 0.29) is 12.5 Å². The molecule has 2 aromatic carbocycles. The molecule has 0 N–H and O–H groups in total. The van der Waals surface area contributed by atoms with Crippen molar-refractivity contribution >= 4 is 27.3 Å². The number of amides is 1. The minimum atomic E-state index is -3.60. The van der Waals surface area contributed by atoms with Gasteiger partial charge in [-0.25, -0.2) is 8.42 Å². The summed E-state index contributed by atoms with van der Waals surface area (Å²) < 4.78 is 30.9. The van der Waals surface area contributed by atoms with Crippen LogP contribution in [-0.4, -0.2) is 65.3 Å². The van der Waals surface area contributed by atoms with Gasteiger partial charge in [0.05, 0.1) is 19.1 Å². The molecule has 0 bridgehead atoms. The third kappa shape index (κ3) is 4.87. The first-order valence-electron chi connectivity index (χ1n) is 9.91. The number of aryl methyl sites for hydroxylation is 1. The maximum atomic E-state index is 12.9. The molecule has 3 rings (SSSR count). The van der Waals surface area contributed by atoms with Gasteiger partial charge in [-0.2, -0.15) is 0 Å². The number of benzene rings is 2. The van der Waals surface area contributed by atoms with Crippen LogP contribution in [0.15, 0.2) is 42.5 Å². The minimum Gasteiger partial charge on any atom is -0.497 e. The highest BCUT2D eigenvalue weighted by atomic mass is 32.2. The lowest BCUT2D eigenvalue weighted by atomic mass is 10.1. The molecule has 0 radical (unpaired) electrons. The van der Waals surface area contributed by atoms with E-state index >= 15 is 0 Å². The fourth-order valence-corrected chi connectivity index (χ4v) is 4.50. The smallest absolute Gasteiger partial charge is 0.243 e. The zero-order valence-electron chi connectivity index (χ0n) is 18.0. The Balaban J connectivity index is 1.68. The highest BCUT2D eigenvalue weighted by Gasteiger charge is 2.27. The molecule has 1 saturated heterocycles. The summed E-state index contributed by atoms with van der Waals surface area (Å²) in [5, 5.41) is 0. The maximum Gasteiger partial charge on any atom is 0.243 e. The van der Waals surface area contributed by atoms with Gasteiger partial charge in [0.2, 0.25) is 15.9 Å². The maximum absolute atomic E-state index is 12.9. The quantitative estimate of drug-likeness (QED) is 0.703. The van der Waals surface area contributed by atoms with E-state index < -0.39 is 10.0 Å². The fraction of sp³-hybridized carbons (Fsp3) is 0.409. The van der Waals surface area contributed by atoms with E-state index in [9.17, 15) is 13.2 Å². The Bertz CT molecular complexity index is 998. The second-order valence-corrected chi connectivity index (χ2v) is 9.46. The number of carbonyl (C=O) groups is 1. The van der Waals surface area contributed by atoms with Crippen LogP contribution in [0.5, 0.6) is 5.75 Å². The van der Waals surface area contributed by atoms with E-state index in [1.807, 2.05) is 6.07 Å². The zero-order valence-corrected chi connectivity index (χ0v) is 18.8. The molecule has 0 spiro atoms. The first kappa shape index (κ1) is 22.0. The second kappa shape index (κ2) is 8.95. The van der Waals surface area contributed by atoms with Crippen molar-refractivity contribution in [3.8, 4) is 5.75 Å². The summed E-state index contributed by atoms with van der Waals surface area (Å²) in [6, 6.07) is 12.9. The summed E-state index contributed by atoms with van der Waals surface area (Å²) in [6.45, 7) is 6.56. The minimum absolute atomic E-state index is 0.197. The van der Waals surface area contributed by atoms with Crippen molar-refractivity contribution in [2.75, 3.05) is 55.3 Å². The van der Waals surface area contributed by atoms with E-state index in [2.05, 4.69) is 30.9 Å². The molecule has 162 valence electrons. The van der Waals surface area contributed by atoms with Gasteiger partial charge in [0, 0.05) is 31.9 Å². The Kier molecular flexibility index (Phi) is 6.55. The van der Waals surface area contributed by atoms with Crippen molar-refractivity contribution < 1.29 is 17.9 Å². The average Bonchev–Trinajstić information content (AvgIpc) is 2.73. The molecule has 1 fully saturated rings. The Morgan fingerprint density at radius 1 is 1.03 bits per heavy atom. The zero-order chi connectivity index (χ0) is 21.9. The van der Waals surface area contributed by atoms with Crippen LogP contribution in [0.25, 0.3) is 0 Å². The number of carbonyl (C=O) groups excluding carboxylic acids is 1. The van der Waals surface area contributed by atoms with Gasteiger partial charge in [0.15, 0.2) is 0 Å². The molecule has 0 aromatic heterocycles. The van der Waals surface area contributed by atoms with Crippen molar-refractivity contribution in [2.45, 2.75) is 13.8 Å². The Hall–Kier alpha value is -2.74. The summed E-state index contributed by atoms with van der Waals surface area (Å²) in [6.07, 6.45) is 1.11. The first-order valence-corrected chi connectivity index (χ1v) is 11.8. The largest absolute Gasteiger partial charge is 0.497 e. The van der Waals surface area contributed by atoms with Gasteiger partial charge in [-0.3, -0.25) is 9.10 Å². The summed E-state index contributed by atoms with van der Waals surface area (Å²) >= 11 is 0. The molecule has 0 unspecified atom stereocenters. The van der Waals surface area contributed by atoms with Crippen LogP contribution in [0, 0.1) is 13.8 Å². The molecule has 1 aliphatic heterocycles. The van der Waals surface area contributed by atoms with E-state index in [0.29, 0.717) is 24.5 Å². The Morgan fingerprint density at radius 2 is 1.67 bits per heavy atom. The van der Waals surface area contributed by atoms with Crippen LogP contribution in [0.4, 0.5) is 11.4 Å². The number of ether oxygens (including phenoxy) is 1. The van der Waals surface area contributed by atoms with Crippen molar-refractivity contribution in [2.24, 2.45) is 0 Å². The predicted molar refractivity (Wildman–Crippen MR) is 120 cm³/mol. The van der Waals surface area contributed by atoms with Gasteiger partial charge < -0.3 is 14.5 Å². The van der Waals surface area contributed by atoms with Gasteiger partial charge in [-0.15, -0.1) is 0 Å². The van der Waals surface area contributed by atoms with E-state index in [4.69, 9.17) is 4.74 Å². The lowest BCUT2D eigenvalue weighted by Crippen LogP contribution is -2.52. The molecule has 8 heteroatoms. The van der Waals surface area contributed by atoms with Gasteiger partial charge in [-0.1, -0.05) is 12.1 Å². The van der Waals surface area contributed by atoms with Crippen LogP contribution in [0.2, 0.25) is 0 Å². The third-order valence-electron chi connectivity index (χ3n) is 5.59. The van der Waals surface area contributed by atoms with Crippen LogP contribution in [0.1, 0.15) is 11.1 Å². The van der Waals surface area contributed by atoms with Gasteiger partial charge in [0.1, 0.15) is 12.3 Å². The predicted octanol–water partition coefficient (Wildman–Crippen LogP) is 2.43. The lowest BCUT2D eigenvalue weighted by molar-refractivity contribution is -0.129. The molecule has 1 amide bonds. The molecule has 30 heavy (non-hydrogen) atoms. The van der Waals surface area contributed by atoms with Crippen molar-refractivity contribution in [3.63, 3.8) is 0 Å². The summed E-state index contributed by atoms with van der Waals surface area (Å²) in [4.78, 5) is 16.9. The number of methoxy groups -OCH3 is 1. The summed E-state index contributed by atoms with van der Waals surface area (Å²) in [5.41, 5.74) is 4.13. The highest BCUT2D eigenvalue weighted by Crippen LogP contribution is 2.25. The SMILES string of the molecule is COc1ccc(N(CC(=O)N2CCN(c3cccc(C)c3C)CC2)S(C)(=O)=O)cc1.